The second-order valence-corrected chi connectivity index (χ2v) is 3.79. The van der Waals surface area contributed by atoms with Crippen LogP contribution in [0.25, 0.3) is 12.2 Å². The molecule has 0 unspecified atom stereocenters. The molecule has 0 aliphatic heterocycles. The van der Waals surface area contributed by atoms with E-state index in [4.69, 9.17) is 0 Å². The Hall–Kier alpha value is -2.75. The molecule has 0 atom stereocenters. The summed E-state index contributed by atoms with van der Waals surface area (Å²) in [6.45, 7) is 0. The number of nitrogens with zero attached hydrogens (tertiary/aromatic N) is 2. The molecule has 0 radical (unpaired) electrons. The van der Waals surface area contributed by atoms with E-state index in [2.05, 4.69) is 4.98 Å². The predicted molar refractivity (Wildman–Crippen MR) is 75.4 cm³/mol. The lowest BCUT2D eigenvalue weighted by molar-refractivity contribution is -0.385. The standard InChI is InChI=1S/C15H12N2O2/c18-17(19)15-11-4-2-8-13(15)7-1-3-9-14-10-5-6-12-16-14/h1-12H. The molecule has 4 nitrogen and oxygen atoms in total. The first-order valence-corrected chi connectivity index (χ1v) is 5.76. The first-order valence-electron chi connectivity index (χ1n) is 5.76. The molecule has 2 aromatic rings. The van der Waals surface area contributed by atoms with Crippen molar-refractivity contribution in [2.24, 2.45) is 0 Å². The van der Waals surface area contributed by atoms with Crippen LogP contribution < -0.4 is 0 Å². The minimum atomic E-state index is -0.387. The zero-order valence-electron chi connectivity index (χ0n) is 10.1. The number of pyridine rings is 1. The van der Waals surface area contributed by atoms with Crippen molar-refractivity contribution in [1.82, 2.24) is 4.98 Å². The van der Waals surface area contributed by atoms with E-state index < -0.39 is 0 Å². The molecule has 1 aromatic heterocycles. The van der Waals surface area contributed by atoms with Gasteiger partial charge in [0.05, 0.1) is 16.2 Å². The van der Waals surface area contributed by atoms with Crippen molar-refractivity contribution in [2.45, 2.75) is 0 Å². The van der Waals surface area contributed by atoms with Gasteiger partial charge in [0.25, 0.3) is 5.69 Å². The third-order valence-corrected chi connectivity index (χ3v) is 2.48. The maximum Gasteiger partial charge on any atom is 0.276 e. The molecule has 0 spiro atoms. The van der Waals surface area contributed by atoms with E-state index in [1.54, 1.807) is 42.6 Å². The number of aromatic nitrogens is 1. The van der Waals surface area contributed by atoms with Crippen molar-refractivity contribution in [3.05, 3.63) is 82.2 Å². The molecule has 0 saturated heterocycles. The van der Waals surface area contributed by atoms with Crippen molar-refractivity contribution >= 4 is 17.8 Å². The Morgan fingerprint density at radius 2 is 1.74 bits per heavy atom. The Balaban J connectivity index is 2.12. The Kier molecular flexibility index (Phi) is 4.18. The number of hydrogen-bond donors (Lipinski definition) is 0. The molecule has 19 heavy (non-hydrogen) atoms. The van der Waals surface area contributed by atoms with Gasteiger partial charge in [-0.05, 0) is 30.4 Å². The van der Waals surface area contributed by atoms with Gasteiger partial charge in [-0.25, -0.2) is 0 Å². The van der Waals surface area contributed by atoms with E-state index in [0.29, 0.717) is 5.56 Å². The number of hydrogen-bond acceptors (Lipinski definition) is 3. The van der Waals surface area contributed by atoms with Crippen LogP contribution in [0.3, 0.4) is 0 Å². The smallest absolute Gasteiger partial charge is 0.258 e. The predicted octanol–water partition coefficient (Wildman–Crippen LogP) is 3.72. The van der Waals surface area contributed by atoms with Crippen LogP contribution in [0, 0.1) is 10.1 Å². The van der Waals surface area contributed by atoms with E-state index >= 15 is 0 Å². The van der Waals surface area contributed by atoms with Gasteiger partial charge in [-0.1, -0.05) is 30.4 Å². The minimum Gasteiger partial charge on any atom is -0.258 e. The van der Waals surface area contributed by atoms with Crippen LogP contribution in [0.1, 0.15) is 11.3 Å². The molecular weight excluding hydrogens is 240 g/mol. The number of allylic oxidation sites excluding steroid dienone is 2. The summed E-state index contributed by atoms with van der Waals surface area (Å²) in [6.07, 6.45) is 8.82. The van der Waals surface area contributed by atoms with Gasteiger partial charge in [-0.3, -0.25) is 15.1 Å². The van der Waals surface area contributed by atoms with Gasteiger partial charge in [0, 0.05) is 12.3 Å². The van der Waals surface area contributed by atoms with Crippen LogP contribution in [0.15, 0.2) is 60.8 Å². The average molecular weight is 252 g/mol. The summed E-state index contributed by atoms with van der Waals surface area (Å²) in [6, 6.07) is 12.3. The van der Waals surface area contributed by atoms with Crippen LogP contribution in [0.2, 0.25) is 0 Å². The van der Waals surface area contributed by atoms with Gasteiger partial charge in [-0.15, -0.1) is 0 Å². The molecule has 0 aliphatic rings. The van der Waals surface area contributed by atoms with Gasteiger partial charge >= 0.3 is 0 Å². The maximum atomic E-state index is 10.8. The van der Waals surface area contributed by atoms with E-state index in [9.17, 15) is 10.1 Å². The van der Waals surface area contributed by atoms with E-state index in [-0.39, 0.29) is 10.6 Å². The summed E-state index contributed by atoms with van der Waals surface area (Å²) in [5.74, 6) is 0. The molecule has 94 valence electrons. The quantitative estimate of drug-likeness (QED) is 0.473. The Bertz CT molecular complexity index is 619. The Morgan fingerprint density at radius 1 is 1.00 bits per heavy atom. The maximum absolute atomic E-state index is 10.8. The Morgan fingerprint density at radius 3 is 2.47 bits per heavy atom. The number of nitro benzene ring substituents is 1. The van der Waals surface area contributed by atoms with Gasteiger partial charge < -0.3 is 0 Å². The van der Waals surface area contributed by atoms with Crippen LogP contribution in [-0.4, -0.2) is 9.91 Å². The highest BCUT2D eigenvalue weighted by atomic mass is 16.6. The fourth-order valence-corrected chi connectivity index (χ4v) is 1.58. The molecule has 1 aromatic carbocycles. The third kappa shape index (κ3) is 3.61. The number of para-hydroxylation sites is 1. The normalized spacial score (nSPS) is 11.2. The summed E-state index contributed by atoms with van der Waals surface area (Å²) in [4.78, 5) is 14.6. The summed E-state index contributed by atoms with van der Waals surface area (Å²) in [7, 11) is 0. The molecule has 0 saturated carbocycles. The molecule has 4 heteroatoms. The van der Waals surface area contributed by atoms with E-state index in [1.165, 1.54) is 6.07 Å². The molecule has 0 aliphatic carbocycles. The van der Waals surface area contributed by atoms with Gasteiger partial charge in [0.2, 0.25) is 0 Å². The van der Waals surface area contributed by atoms with Crippen molar-refractivity contribution in [2.75, 3.05) is 0 Å². The summed E-state index contributed by atoms with van der Waals surface area (Å²) in [5.41, 5.74) is 1.53. The SMILES string of the molecule is O=[N+]([O-])c1ccccc1C=CC=Cc1ccccn1. The van der Waals surface area contributed by atoms with Gasteiger partial charge in [-0.2, -0.15) is 0 Å². The summed E-state index contributed by atoms with van der Waals surface area (Å²) >= 11 is 0. The molecule has 0 bridgehead atoms. The van der Waals surface area contributed by atoms with Crippen molar-refractivity contribution < 1.29 is 4.92 Å². The lowest BCUT2D eigenvalue weighted by Gasteiger charge is -1.95. The third-order valence-electron chi connectivity index (χ3n) is 2.48. The average Bonchev–Trinajstić information content (AvgIpc) is 2.45. The second-order valence-electron chi connectivity index (χ2n) is 3.79. The highest BCUT2D eigenvalue weighted by Gasteiger charge is 2.08. The fraction of sp³-hybridized carbons (Fsp3) is 0. The molecule has 2 rings (SSSR count). The molecular formula is C15H12N2O2. The monoisotopic (exact) mass is 252 g/mol. The highest BCUT2D eigenvalue weighted by Crippen LogP contribution is 2.18. The minimum absolute atomic E-state index is 0.102. The first kappa shape index (κ1) is 12.7. The fourth-order valence-electron chi connectivity index (χ4n) is 1.58. The van der Waals surface area contributed by atoms with Crippen molar-refractivity contribution in [3.63, 3.8) is 0 Å². The number of benzene rings is 1. The van der Waals surface area contributed by atoms with Crippen LogP contribution >= 0.6 is 0 Å². The topological polar surface area (TPSA) is 56.0 Å². The molecule has 0 amide bonds. The highest BCUT2D eigenvalue weighted by molar-refractivity contribution is 5.63. The van der Waals surface area contributed by atoms with Gasteiger partial charge in [0.15, 0.2) is 0 Å². The van der Waals surface area contributed by atoms with Crippen LogP contribution in [-0.2, 0) is 0 Å². The van der Waals surface area contributed by atoms with Crippen LogP contribution in [0.5, 0.6) is 0 Å². The number of rotatable bonds is 4. The molecule has 0 N–H and O–H groups in total. The van der Waals surface area contributed by atoms with Gasteiger partial charge in [0.1, 0.15) is 0 Å². The zero-order valence-corrected chi connectivity index (χ0v) is 10.1. The van der Waals surface area contributed by atoms with Crippen LogP contribution in [0.4, 0.5) is 5.69 Å². The second kappa shape index (κ2) is 6.26. The van der Waals surface area contributed by atoms with Crippen molar-refractivity contribution in [1.29, 1.82) is 0 Å². The number of nitro groups is 1. The summed E-state index contributed by atoms with van der Waals surface area (Å²) < 4.78 is 0. The van der Waals surface area contributed by atoms with Crippen molar-refractivity contribution in [3.8, 4) is 0 Å². The summed E-state index contributed by atoms with van der Waals surface area (Å²) in [5, 5.41) is 10.8. The molecule has 1 heterocycles. The van der Waals surface area contributed by atoms with E-state index in [0.717, 1.165) is 5.69 Å². The van der Waals surface area contributed by atoms with E-state index in [1.807, 2.05) is 24.3 Å². The Labute approximate surface area is 110 Å². The zero-order chi connectivity index (χ0) is 13.5. The lowest BCUT2D eigenvalue weighted by Crippen LogP contribution is -1.90. The lowest BCUT2D eigenvalue weighted by atomic mass is 10.1. The largest absolute Gasteiger partial charge is 0.276 e. The molecule has 0 fully saturated rings. The first-order chi connectivity index (χ1) is 9.27.